The zero-order valence-corrected chi connectivity index (χ0v) is 16.6. The first-order chi connectivity index (χ1) is 11.4. The van der Waals surface area contributed by atoms with E-state index in [1.54, 1.807) is 7.05 Å². The lowest BCUT2D eigenvalue weighted by atomic mass is 10.0. The minimum atomic E-state index is -0.359. The highest BCUT2D eigenvalue weighted by molar-refractivity contribution is 8.00. The van der Waals surface area contributed by atoms with Crippen LogP contribution in [0.25, 0.3) is 0 Å². The Bertz CT molecular complexity index is 409. The van der Waals surface area contributed by atoms with Crippen LogP contribution < -0.4 is 16.0 Å². The Balaban J connectivity index is 2.44. The molecule has 140 valence electrons. The normalized spacial score (nSPS) is 22.3. The van der Waals surface area contributed by atoms with E-state index in [1.807, 2.05) is 18.7 Å². The second kappa shape index (κ2) is 10.7. The molecule has 1 amide bonds. The molecule has 0 aromatic carbocycles. The van der Waals surface area contributed by atoms with E-state index >= 15 is 0 Å². The Hall–Kier alpha value is -1.11. The molecule has 1 aliphatic rings. The standard InChI is InChI=1S/C17H34N4O2S/c1-6-23-16(22)21-14(10-13(2)3)11-19-15(18-5)20-12-17(4)8-7-9-24-17/h13-14H,6-12H2,1-5H3,(H,21,22)(H2,18,19,20). The zero-order valence-electron chi connectivity index (χ0n) is 15.8. The van der Waals surface area contributed by atoms with Gasteiger partial charge in [-0.25, -0.2) is 4.79 Å². The summed E-state index contributed by atoms with van der Waals surface area (Å²) in [4.78, 5) is 16.0. The van der Waals surface area contributed by atoms with Crippen molar-refractivity contribution in [2.45, 2.75) is 57.7 Å². The van der Waals surface area contributed by atoms with Gasteiger partial charge in [-0.05, 0) is 44.8 Å². The highest BCUT2D eigenvalue weighted by atomic mass is 32.2. The fourth-order valence-corrected chi connectivity index (χ4v) is 4.03. The average Bonchev–Trinajstić information content (AvgIpc) is 2.94. The average molecular weight is 359 g/mol. The summed E-state index contributed by atoms with van der Waals surface area (Å²) in [6.07, 6.45) is 3.05. The number of thioether (sulfide) groups is 1. The minimum absolute atomic E-state index is 0.0130. The van der Waals surface area contributed by atoms with Crippen molar-refractivity contribution in [3.63, 3.8) is 0 Å². The Kier molecular flexibility index (Phi) is 9.33. The van der Waals surface area contributed by atoms with Crippen molar-refractivity contribution in [3.8, 4) is 0 Å². The summed E-state index contributed by atoms with van der Waals surface area (Å²) in [6.45, 7) is 10.3. The molecule has 0 bridgehead atoms. The monoisotopic (exact) mass is 358 g/mol. The van der Waals surface area contributed by atoms with Gasteiger partial charge in [0.25, 0.3) is 0 Å². The van der Waals surface area contributed by atoms with Crippen molar-refractivity contribution in [1.29, 1.82) is 0 Å². The molecule has 0 aliphatic carbocycles. The molecule has 24 heavy (non-hydrogen) atoms. The highest BCUT2D eigenvalue weighted by Gasteiger charge is 2.29. The van der Waals surface area contributed by atoms with E-state index in [0.29, 0.717) is 19.1 Å². The lowest BCUT2D eigenvalue weighted by Gasteiger charge is -2.26. The number of amides is 1. The SMILES string of the molecule is CCOC(=O)NC(CNC(=NC)NCC1(C)CCCS1)CC(C)C. The van der Waals surface area contributed by atoms with Crippen LogP contribution in [0.5, 0.6) is 0 Å². The van der Waals surface area contributed by atoms with E-state index in [1.165, 1.54) is 18.6 Å². The first kappa shape index (κ1) is 20.9. The van der Waals surface area contributed by atoms with Crippen LogP contribution in [0, 0.1) is 5.92 Å². The second-order valence-electron chi connectivity index (χ2n) is 6.90. The van der Waals surface area contributed by atoms with E-state index in [9.17, 15) is 4.79 Å². The fraction of sp³-hybridized carbons (Fsp3) is 0.882. The second-order valence-corrected chi connectivity index (χ2v) is 8.58. The molecule has 1 heterocycles. The molecule has 0 saturated carbocycles. The van der Waals surface area contributed by atoms with Gasteiger partial charge in [0.2, 0.25) is 0 Å². The molecular formula is C17H34N4O2S. The number of nitrogens with zero attached hydrogens (tertiary/aromatic N) is 1. The van der Waals surface area contributed by atoms with Crippen LogP contribution in [0.3, 0.4) is 0 Å². The number of carbonyl (C=O) groups is 1. The summed E-state index contributed by atoms with van der Waals surface area (Å²) in [5.74, 6) is 2.51. The Morgan fingerprint density at radius 2 is 2.12 bits per heavy atom. The molecule has 3 N–H and O–H groups in total. The predicted octanol–water partition coefficient (Wildman–Crippen LogP) is 2.60. The number of rotatable bonds is 8. The van der Waals surface area contributed by atoms with Crippen LogP contribution in [-0.2, 0) is 4.74 Å². The molecule has 2 atom stereocenters. The van der Waals surface area contributed by atoms with Gasteiger partial charge in [-0.3, -0.25) is 4.99 Å². The van der Waals surface area contributed by atoms with Gasteiger partial charge in [0.05, 0.1) is 6.61 Å². The van der Waals surface area contributed by atoms with Crippen LogP contribution in [0.2, 0.25) is 0 Å². The highest BCUT2D eigenvalue weighted by Crippen LogP contribution is 2.36. The van der Waals surface area contributed by atoms with Gasteiger partial charge in [-0.2, -0.15) is 11.8 Å². The number of aliphatic imine (C=N–C) groups is 1. The van der Waals surface area contributed by atoms with Crippen LogP contribution >= 0.6 is 11.8 Å². The molecule has 1 aliphatic heterocycles. The number of hydrogen-bond donors (Lipinski definition) is 3. The summed E-state index contributed by atoms with van der Waals surface area (Å²) in [5.41, 5.74) is 0. The van der Waals surface area contributed by atoms with Crippen molar-refractivity contribution in [2.75, 3.05) is 32.5 Å². The third kappa shape index (κ3) is 8.13. The molecule has 6 nitrogen and oxygen atoms in total. The number of carbonyl (C=O) groups excluding carboxylic acids is 1. The van der Waals surface area contributed by atoms with Crippen LogP contribution in [0.1, 0.15) is 47.0 Å². The van der Waals surface area contributed by atoms with Gasteiger partial charge in [-0.15, -0.1) is 0 Å². The molecule has 1 fully saturated rings. The number of hydrogen-bond acceptors (Lipinski definition) is 4. The van der Waals surface area contributed by atoms with Gasteiger partial charge in [0, 0.05) is 30.9 Å². The van der Waals surface area contributed by atoms with Gasteiger partial charge in [0.1, 0.15) is 0 Å². The van der Waals surface area contributed by atoms with E-state index in [-0.39, 0.29) is 16.9 Å². The maximum atomic E-state index is 11.7. The largest absolute Gasteiger partial charge is 0.450 e. The van der Waals surface area contributed by atoms with Crippen molar-refractivity contribution < 1.29 is 9.53 Å². The quantitative estimate of drug-likeness (QED) is 0.459. The van der Waals surface area contributed by atoms with Crippen molar-refractivity contribution in [2.24, 2.45) is 10.9 Å². The number of guanidine groups is 1. The van der Waals surface area contributed by atoms with E-state index < -0.39 is 0 Å². The van der Waals surface area contributed by atoms with E-state index in [4.69, 9.17) is 4.74 Å². The molecule has 7 heteroatoms. The van der Waals surface area contributed by atoms with E-state index in [2.05, 4.69) is 41.7 Å². The number of alkyl carbamates (subject to hydrolysis) is 1. The van der Waals surface area contributed by atoms with Gasteiger partial charge < -0.3 is 20.7 Å². The molecular weight excluding hydrogens is 324 g/mol. The maximum Gasteiger partial charge on any atom is 0.407 e. The number of nitrogens with one attached hydrogen (secondary N) is 3. The summed E-state index contributed by atoms with van der Waals surface area (Å²) in [6, 6.07) is 0.0130. The number of ether oxygens (including phenoxy) is 1. The van der Waals surface area contributed by atoms with Crippen LogP contribution in [-0.4, -0.2) is 55.3 Å². The zero-order chi connectivity index (χ0) is 18.0. The van der Waals surface area contributed by atoms with Crippen LogP contribution in [0.4, 0.5) is 4.79 Å². The van der Waals surface area contributed by atoms with Crippen molar-refractivity contribution in [1.82, 2.24) is 16.0 Å². The third-order valence-electron chi connectivity index (χ3n) is 4.02. The first-order valence-corrected chi connectivity index (χ1v) is 9.89. The molecule has 0 aromatic rings. The minimum Gasteiger partial charge on any atom is -0.450 e. The maximum absolute atomic E-state index is 11.7. The van der Waals surface area contributed by atoms with Gasteiger partial charge in [0.15, 0.2) is 5.96 Å². The molecule has 1 rings (SSSR count). The van der Waals surface area contributed by atoms with Crippen molar-refractivity contribution in [3.05, 3.63) is 0 Å². The molecule has 2 unspecified atom stereocenters. The van der Waals surface area contributed by atoms with Crippen LogP contribution in [0.15, 0.2) is 4.99 Å². The van der Waals surface area contributed by atoms with Gasteiger partial charge >= 0.3 is 6.09 Å². The third-order valence-corrected chi connectivity index (χ3v) is 5.56. The summed E-state index contributed by atoms with van der Waals surface area (Å²) in [7, 11) is 1.77. The Morgan fingerprint density at radius 1 is 1.38 bits per heavy atom. The van der Waals surface area contributed by atoms with E-state index in [0.717, 1.165) is 18.9 Å². The fourth-order valence-electron chi connectivity index (χ4n) is 2.79. The van der Waals surface area contributed by atoms with Crippen molar-refractivity contribution >= 4 is 23.8 Å². The first-order valence-electron chi connectivity index (χ1n) is 8.90. The lowest BCUT2D eigenvalue weighted by Crippen LogP contribution is -2.49. The Labute approximate surface area is 151 Å². The molecule has 0 radical (unpaired) electrons. The predicted molar refractivity (Wildman–Crippen MR) is 103 cm³/mol. The molecule has 0 aromatic heterocycles. The molecule has 0 spiro atoms. The smallest absolute Gasteiger partial charge is 0.407 e. The summed E-state index contributed by atoms with van der Waals surface area (Å²) < 4.78 is 5.28. The Morgan fingerprint density at radius 3 is 2.67 bits per heavy atom. The summed E-state index contributed by atoms with van der Waals surface area (Å²) in [5, 5.41) is 9.66. The molecule has 1 saturated heterocycles. The van der Waals surface area contributed by atoms with Gasteiger partial charge in [-0.1, -0.05) is 13.8 Å². The summed E-state index contributed by atoms with van der Waals surface area (Å²) >= 11 is 2.03. The topological polar surface area (TPSA) is 74.8 Å². The lowest BCUT2D eigenvalue weighted by molar-refractivity contribution is 0.146.